The molecule has 0 fully saturated rings. The summed E-state index contributed by atoms with van der Waals surface area (Å²) in [6.45, 7) is 0. The van der Waals surface area contributed by atoms with Gasteiger partial charge in [0.2, 0.25) is 0 Å². The maximum Gasteiger partial charge on any atom is 0.116 e. The Hall–Kier alpha value is -6.16. The van der Waals surface area contributed by atoms with Crippen molar-refractivity contribution in [3.8, 4) is 44.6 Å². The van der Waals surface area contributed by atoms with Crippen LogP contribution in [0.25, 0.3) is 97.3 Å². The summed E-state index contributed by atoms with van der Waals surface area (Å²) in [5.41, 5.74) is 10.3. The average Bonchev–Trinajstić information content (AvgIpc) is 3.57. The molecule has 0 aliphatic rings. The summed E-state index contributed by atoms with van der Waals surface area (Å²) in [4.78, 5) is 9.72. The molecule has 10 rings (SSSR count). The fraction of sp³-hybridized carbons (Fsp3) is 0. The van der Waals surface area contributed by atoms with Crippen LogP contribution in [-0.4, -0.2) is 9.97 Å². The van der Waals surface area contributed by atoms with Crippen molar-refractivity contribution < 1.29 is 0 Å². The van der Waals surface area contributed by atoms with Crippen molar-refractivity contribution in [1.29, 1.82) is 0 Å². The molecule has 0 saturated carbocycles. The molecule has 2 heterocycles. The fourth-order valence-electron chi connectivity index (χ4n) is 7.47. The number of aromatic nitrogens is 2. The molecular weight excluding hydrogens is 613 g/mol. The van der Waals surface area contributed by atoms with Gasteiger partial charge in [-0.05, 0) is 73.8 Å². The van der Waals surface area contributed by atoms with Crippen LogP contribution in [0, 0.1) is 0 Å². The van der Waals surface area contributed by atoms with E-state index in [0.29, 0.717) is 0 Å². The van der Waals surface area contributed by atoms with E-state index in [2.05, 4.69) is 158 Å². The first kappa shape index (κ1) is 27.9. The molecular formula is C46H28N2S. The highest BCUT2D eigenvalue weighted by atomic mass is 32.1. The molecule has 49 heavy (non-hydrogen) atoms. The van der Waals surface area contributed by atoms with Crippen molar-refractivity contribution in [3.05, 3.63) is 170 Å². The SMILES string of the molecule is c1ccc(-c2ncnc3c4cc(-c5cccc(-c6cccc(-c7cccc8c7sc7ccccc78)c6)c5)ccc4c4ccccc4c23)cc1. The van der Waals surface area contributed by atoms with Gasteiger partial charge in [-0.3, -0.25) is 0 Å². The first-order valence-corrected chi connectivity index (χ1v) is 17.4. The lowest BCUT2D eigenvalue weighted by molar-refractivity contribution is 1.23. The van der Waals surface area contributed by atoms with Crippen molar-refractivity contribution in [3.63, 3.8) is 0 Å². The molecule has 0 atom stereocenters. The van der Waals surface area contributed by atoms with Gasteiger partial charge in [-0.15, -0.1) is 11.3 Å². The molecule has 0 bridgehead atoms. The van der Waals surface area contributed by atoms with Crippen molar-refractivity contribution in [2.24, 2.45) is 0 Å². The monoisotopic (exact) mass is 640 g/mol. The Balaban J connectivity index is 1.11. The molecule has 2 aromatic heterocycles. The standard InChI is InChI=1S/C46H28N2S/c1-2-11-29(12-3-1)44-43-39-19-5-4-17-36(39)37-24-23-33(27-41(37)45(43)48-28-47-44)31-14-8-13-30(25-31)32-15-9-16-34(26-32)35-20-10-21-40-38-18-6-7-22-42(38)49-46(35)40/h1-28H. The topological polar surface area (TPSA) is 25.8 Å². The third-order valence-corrected chi connectivity index (χ3v) is 11.0. The second kappa shape index (κ2) is 11.2. The van der Waals surface area contributed by atoms with Crippen LogP contribution in [0.1, 0.15) is 0 Å². The first-order valence-electron chi connectivity index (χ1n) is 16.6. The van der Waals surface area contributed by atoms with Crippen molar-refractivity contribution in [1.82, 2.24) is 9.97 Å². The zero-order valence-electron chi connectivity index (χ0n) is 26.5. The van der Waals surface area contributed by atoms with Crippen LogP contribution >= 0.6 is 11.3 Å². The van der Waals surface area contributed by atoms with Crippen LogP contribution in [0.2, 0.25) is 0 Å². The molecule has 10 aromatic rings. The van der Waals surface area contributed by atoms with Gasteiger partial charge in [0.25, 0.3) is 0 Å². The van der Waals surface area contributed by atoms with E-state index >= 15 is 0 Å². The Labute approximate surface area is 287 Å². The summed E-state index contributed by atoms with van der Waals surface area (Å²) in [7, 11) is 0. The minimum atomic E-state index is 0.960. The minimum absolute atomic E-state index is 0.960. The van der Waals surface area contributed by atoms with Crippen LogP contribution in [0.4, 0.5) is 0 Å². The molecule has 3 heteroatoms. The van der Waals surface area contributed by atoms with Gasteiger partial charge >= 0.3 is 0 Å². The van der Waals surface area contributed by atoms with Gasteiger partial charge in [0.1, 0.15) is 6.33 Å². The highest BCUT2D eigenvalue weighted by Crippen LogP contribution is 2.42. The highest BCUT2D eigenvalue weighted by Gasteiger charge is 2.16. The Morgan fingerprint density at radius 3 is 1.78 bits per heavy atom. The number of hydrogen-bond donors (Lipinski definition) is 0. The third kappa shape index (κ3) is 4.55. The number of thiophene rings is 1. The predicted molar refractivity (Wildman–Crippen MR) is 209 cm³/mol. The van der Waals surface area contributed by atoms with Crippen LogP contribution in [0.3, 0.4) is 0 Å². The van der Waals surface area contributed by atoms with E-state index in [0.717, 1.165) is 33.1 Å². The normalized spacial score (nSPS) is 11.7. The van der Waals surface area contributed by atoms with E-state index in [-0.39, 0.29) is 0 Å². The molecule has 228 valence electrons. The molecule has 8 aromatic carbocycles. The highest BCUT2D eigenvalue weighted by molar-refractivity contribution is 7.26. The zero-order valence-corrected chi connectivity index (χ0v) is 27.3. The van der Waals surface area contributed by atoms with Gasteiger partial charge in [-0.2, -0.15) is 0 Å². The molecule has 0 N–H and O–H groups in total. The summed E-state index contributed by atoms with van der Waals surface area (Å²) >= 11 is 1.88. The van der Waals surface area contributed by atoms with Crippen molar-refractivity contribution in [2.45, 2.75) is 0 Å². The van der Waals surface area contributed by atoms with Crippen molar-refractivity contribution >= 4 is 64.0 Å². The van der Waals surface area contributed by atoms with Gasteiger partial charge in [-0.1, -0.05) is 140 Å². The molecule has 0 spiro atoms. The van der Waals surface area contributed by atoms with Crippen LogP contribution in [0.15, 0.2) is 170 Å². The Morgan fingerprint density at radius 2 is 0.959 bits per heavy atom. The van der Waals surface area contributed by atoms with Gasteiger partial charge < -0.3 is 0 Å². The lowest BCUT2D eigenvalue weighted by atomic mass is 9.91. The first-order chi connectivity index (χ1) is 24.3. The van der Waals surface area contributed by atoms with E-state index in [1.165, 1.54) is 64.1 Å². The molecule has 0 radical (unpaired) electrons. The summed E-state index contributed by atoms with van der Waals surface area (Å²) in [5.74, 6) is 0. The minimum Gasteiger partial charge on any atom is -0.236 e. The lowest BCUT2D eigenvalue weighted by Gasteiger charge is -2.14. The van der Waals surface area contributed by atoms with Crippen LogP contribution in [0.5, 0.6) is 0 Å². The fourth-order valence-corrected chi connectivity index (χ4v) is 8.71. The summed E-state index contributed by atoms with van der Waals surface area (Å²) in [5, 5.41) is 8.45. The zero-order chi connectivity index (χ0) is 32.3. The summed E-state index contributed by atoms with van der Waals surface area (Å²) in [6.07, 6.45) is 1.71. The van der Waals surface area contributed by atoms with Crippen LogP contribution < -0.4 is 0 Å². The maximum absolute atomic E-state index is 4.91. The molecule has 0 aliphatic carbocycles. The second-order valence-electron chi connectivity index (χ2n) is 12.6. The second-order valence-corrected chi connectivity index (χ2v) is 13.6. The Bertz CT molecular complexity index is 2890. The van der Waals surface area contributed by atoms with E-state index in [4.69, 9.17) is 9.97 Å². The molecule has 0 aliphatic heterocycles. The Morgan fingerprint density at radius 1 is 0.367 bits per heavy atom. The maximum atomic E-state index is 4.91. The number of nitrogens with zero attached hydrogens (tertiary/aromatic N) is 2. The lowest BCUT2D eigenvalue weighted by Crippen LogP contribution is -1.93. The van der Waals surface area contributed by atoms with E-state index in [1.807, 2.05) is 17.4 Å². The van der Waals surface area contributed by atoms with Gasteiger partial charge in [0.15, 0.2) is 0 Å². The number of hydrogen-bond acceptors (Lipinski definition) is 3. The average molecular weight is 641 g/mol. The van der Waals surface area contributed by atoms with E-state index < -0.39 is 0 Å². The molecule has 0 unspecified atom stereocenters. The van der Waals surface area contributed by atoms with Gasteiger partial charge in [0, 0.05) is 36.5 Å². The number of rotatable bonds is 4. The molecule has 0 amide bonds. The van der Waals surface area contributed by atoms with Crippen molar-refractivity contribution in [2.75, 3.05) is 0 Å². The van der Waals surface area contributed by atoms with E-state index in [1.54, 1.807) is 6.33 Å². The number of benzene rings is 8. The van der Waals surface area contributed by atoms with Gasteiger partial charge in [-0.25, -0.2) is 9.97 Å². The largest absolute Gasteiger partial charge is 0.236 e. The Kier molecular flexibility index (Phi) is 6.39. The molecule has 2 nitrogen and oxygen atoms in total. The smallest absolute Gasteiger partial charge is 0.116 e. The summed E-state index contributed by atoms with van der Waals surface area (Å²) < 4.78 is 2.66. The predicted octanol–water partition coefficient (Wildman–Crippen LogP) is 13.0. The van der Waals surface area contributed by atoms with E-state index in [9.17, 15) is 0 Å². The third-order valence-electron chi connectivity index (χ3n) is 9.76. The molecule has 0 saturated heterocycles. The number of fused-ring (bicyclic) bond motifs is 9. The van der Waals surface area contributed by atoms with Gasteiger partial charge in [0.05, 0.1) is 11.2 Å². The van der Waals surface area contributed by atoms with Crippen LogP contribution in [-0.2, 0) is 0 Å². The quantitative estimate of drug-likeness (QED) is 0.179. The summed E-state index contributed by atoms with van der Waals surface area (Å²) in [6, 6.07) is 59.1.